The van der Waals surface area contributed by atoms with E-state index in [0.29, 0.717) is 32.1 Å². The van der Waals surface area contributed by atoms with Crippen molar-refractivity contribution in [1.29, 1.82) is 0 Å². The summed E-state index contributed by atoms with van der Waals surface area (Å²) in [6.07, 6.45) is 4.62. The van der Waals surface area contributed by atoms with Gasteiger partial charge in [-0.1, -0.05) is 24.3 Å². The molecule has 23 heavy (non-hydrogen) atoms. The molecule has 2 unspecified atom stereocenters. The van der Waals surface area contributed by atoms with Gasteiger partial charge in [0.25, 0.3) is 0 Å². The molecular weight excluding hydrogens is 315 g/mol. The Bertz CT molecular complexity index is 460. The van der Waals surface area contributed by atoms with Crippen molar-refractivity contribution in [3.63, 3.8) is 0 Å². The molecular formula is C17H21F5O. The average Bonchev–Trinajstić information content (AvgIpc) is 2.49. The molecule has 2 aliphatic carbocycles. The molecule has 0 N–H and O–H groups in total. The topological polar surface area (TPSA) is 9.23 Å². The first kappa shape index (κ1) is 18.2. The number of allylic oxidation sites excluding steroid dienone is 4. The quantitative estimate of drug-likeness (QED) is 0.479. The van der Waals surface area contributed by atoms with Crippen LogP contribution in [0, 0.1) is 11.8 Å². The zero-order valence-corrected chi connectivity index (χ0v) is 12.7. The maximum absolute atomic E-state index is 14.3. The van der Waals surface area contributed by atoms with Gasteiger partial charge in [-0.25, -0.2) is 4.39 Å². The summed E-state index contributed by atoms with van der Waals surface area (Å²) in [7, 11) is 0. The van der Waals surface area contributed by atoms with E-state index >= 15 is 0 Å². The fourth-order valence-electron chi connectivity index (χ4n) is 3.46. The van der Waals surface area contributed by atoms with Crippen LogP contribution in [0.2, 0.25) is 0 Å². The molecule has 0 amide bonds. The Balaban J connectivity index is 2.07. The molecule has 2 aliphatic rings. The summed E-state index contributed by atoms with van der Waals surface area (Å²) in [6.45, 7) is -0.422. The third-order valence-corrected chi connectivity index (χ3v) is 4.57. The fraction of sp³-hybridized carbons (Fsp3) is 0.647. The van der Waals surface area contributed by atoms with Gasteiger partial charge in [-0.2, -0.15) is 0 Å². The monoisotopic (exact) mass is 336 g/mol. The third-order valence-electron chi connectivity index (χ3n) is 4.57. The third kappa shape index (κ3) is 4.66. The van der Waals surface area contributed by atoms with E-state index in [1.54, 1.807) is 6.08 Å². The highest BCUT2D eigenvalue weighted by Gasteiger charge is 2.52. The van der Waals surface area contributed by atoms with Gasteiger partial charge < -0.3 is 0 Å². The van der Waals surface area contributed by atoms with Gasteiger partial charge in [0.05, 0.1) is 6.67 Å². The van der Waals surface area contributed by atoms with Gasteiger partial charge in [0.1, 0.15) is 5.60 Å². The second-order valence-corrected chi connectivity index (χ2v) is 6.06. The molecule has 0 aromatic rings. The van der Waals surface area contributed by atoms with Crippen molar-refractivity contribution in [2.24, 2.45) is 11.8 Å². The molecule has 0 spiro atoms. The molecule has 1 fully saturated rings. The molecule has 1 saturated carbocycles. The summed E-state index contributed by atoms with van der Waals surface area (Å²) >= 11 is 0. The van der Waals surface area contributed by atoms with Crippen LogP contribution in [-0.4, -0.2) is 24.8 Å². The Kier molecular flexibility index (Phi) is 6.00. The molecule has 2 rings (SSSR count). The first-order valence-corrected chi connectivity index (χ1v) is 7.87. The average molecular weight is 336 g/mol. The van der Waals surface area contributed by atoms with Crippen LogP contribution in [0.3, 0.4) is 0 Å². The van der Waals surface area contributed by atoms with E-state index in [2.05, 4.69) is 4.74 Å². The van der Waals surface area contributed by atoms with Gasteiger partial charge in [-0.3, -0.25) is 9.13 Å². The highest BCUT2D eigenvalue weighted by atomic mass is 19.4. The lowest BCUT2D eigenvalue weighted by Gasteiger charge is -2.43. The van der Waals surface area contributed by atoms with Gasteiger partial charge in [-0.05, 0) is 56.1 Å². The van der Waals surface area contributed by atoms with E-state index < -0.39 is 30.7 Å². The Morgan fingerprint density at radius 1 is 1.13 bits per heavy atom. The Hall–Kier alpha value is -1.17. The van der Waals surface area contributed by atoms with Gasteiger partial charge >= 0.3 is 6.36 Å². The van der Waals surface area contributed by atoms with Crippen molar-refractivity contribution < 1.29 is 26.7 Å². The summed E-state index contributed by atoms with van der Waals surface area (Å²) in [5.41, 5.74) is -1.97. The van der Waals surface area contributed by atoms with E-state index in [9.17, 15) is 22.0 Å². The number of hydrogen-bond donors (Lipinski definition) is 0. The minimum atomic E-state index is -4.89. The predicted octanol–water partition coefficient (Wildman–Crippen LogP) is 5.45. The molecule has 6 heteroatoms. The minimum absolute atomic E-state index is 0.210. The predicted molar refractivity (Wildman–Crippen MR) is 78.2 cm³/mol. The minimum Gasteiger partial charge on any atom is -0.277 e. The Morgan fingerprint density at radius 3 is 2.39 bits per heavy atom. The van der Waals surface area contributed by atoms with Crippen molar-refractivity contribution in [3.05, 3.63) is 36.5 Å². The van der Waals surface area contributed by atoms with Crippen LogP contribution in [0.25, 0.3) is 0 Å². The largest absolute Gasteiger partial charge is 0.523 e. The van der Waals surface area contributed by atoms with Gasteiger partial charge in [0.15, 0.2) is 6.17 Å². The van der Waals surface area contributed by atoms with Crippen molar-refractivity contribution in [2.45, 2.75) is 50.2 Å². The maximum Gasteiger partial charge on any atom is 0.523 e. The van der Waals surface area contributed by atoms with Gasteiger partial charge in [0, 0.05) is 0 Å². The van der Waals surface area contributed by atoms with E-state index in [1.807, 2.05) is 6.08 Å². The maximum atomic E-state index is 14.3. The number of hydrogen-bond acceptors (Lipinski definition) is 1. The van der Waals surface area contributed by atoms with Gasteiger partial charge in [-0.15, -0.1) is 13.2 Å². The first-order chi connectivity index (χ1) is 10.9. The zero-order valence-electron chi connectivity index (χ0n) is 12.7. The molecule has 0 saturated heterocycles. The molecule has 0 aliphatic heterocycles. The standard InChI is InChI=1S/C17H21F5O/c18-12-4-2-5-13-7-9-14(10-8-13)16(23-17(20,21)22)11-3-1-6-15(16)19/h1-3,5-6,11,13-15H,4,7-10,12H2/b5-2+. The van der Waals surface area contributed by atoms with Crippen LogP contribution in [-0.2, 0) is 4.74 Å². The number of rotatable bonds is 5. The van der Waals surface area contributed by atoms with Crippen LogP contribution in [0.15, 0.2) is 36.5 Å². The summed E-state index contributed by atoms with van der Waals surface area (Å²) in [4.78, 5) is 0. The van der Waals surface area contributed by atoms with Crippen molar-refractivity contribution >= 4 is 0 Å². The highest BCUT2D eigenvalue weighted by molar-refractivity contribution is 5.25. The molecule has 0 aromatic heterocycles. The van der Waals surface area contributed by atoms with E-state index in [4.69, 9.17) is 0 Å². The van der Waals surface area contributed by atoms with Crippen LogP contribution in [0.1, 0.15) is 32.1 Å². The second-order valence-electron chi connectivity index (χ2n) is 6.06. The molecule has 1 nitrogen and oxygen atoms in total. The van der Waals surface area contributed by atoms with Crippen LogP contribution in [0.4, 0.5) is 22.0 Å². The van der Waals surface area contributed by atoms with E-state index in [1.165, 1.54) is 18.2 Å². The molecule has 0 bridgehead atoms. The summed E-state index contributed by atoms with van der Waals surface area (Å²) < 4.78 is 69.1. The molecule has 2 atom stereocenters. The smallest absolute Gasteiger partial charge is 0.277 e. The zero-order chi connectivity index (χ0) is 16.9. The first-order valence-electron chi connectivity index (χ1n) is 7.87. The SMILES string of the molecule is FCC/C=C/C1CCC(C2(OC(F)(F)F)C=CC=CC2F)CC1. The lowest BCUT2D eigenvalue weighted by Crippen LogP contribution is -2.51. The summed E-state index contributed by atoms with van der Waals surface area (Å²) in [6, 6.07) is 0. The van der Waals surface area contributed by atoms with Crippen molar-refractivity contribution in [1.82, 2.24) is 0 Å². The van der Waals surface area contributed by atoms with Crippen LogP contribution in [0.5, 0.6) is 0 Å². The number of alkyl halides is 5. The lowest BCUT2D eigenvalue weighted by atomic mass is 9.70. The summed E-state index contributed by atoms with van der Waals surface area (Å²) in [5.74, 6) is -0.326. The molecule has 0 radical (unpaired) electrons. The van der Waals surface area contributed by atoms with E-state index in [0.717, 1.165) is 6.08 Å². The van der Waals surface area contributed by atoms with Crippen LogP contribution < -0.4 is 0 Å². The van der Waals surface area contributed by atoms with Crippen molar-refractivity contribution in [2.75, 3.05) is 6.67 Å². The second kappa shape index (κ2) is 7.60. The van der Waals surface area contributed by atoms with E-state index in [-0.39, 0.29) is 5.92 Å². The summed E-state index contributed by atoms with van der Waals surface area (Å²) in [5, 5.41) is 0. The molecule has 130 valence electrons. The van der Waals surface area contributed by atoms with Gasteiger partial charge in [0.2, 0.25) is 0 Å². The Morgan fingerprint density at radius 2 is 1.83 bits per heavy atom. The normalized spacial score (nSPS) is 35.1. The number of ether oxygens (including phenoxy) is 1. The van der Waals surface area contributed by atoms with Crippen LogP contribution >= 0.6 is 0 Å². The highest BCUT2D eigenvalue weighted by Crippen LogP contribution is 2.45. The number of halogens is 5. The van der Waals surface area contributed by atoms with Crippen molar-refractivity contribution in [3.8, 4) is 0 Å². The lowest BCUT2D eigenvalue weighted by molar-refractivity contribution is -0.373. The fourth-order valence-corrected chi connectivity index (χ4v) is 3.46. The molecule has 0 heterocycles. The molecule has 0 aromatic carbocycles. The Labute approximate surface area is 132 Å².